The van der Waals surface area contributed by atoms with Crippen LogP contribution in [0.5, 0.6) is 0 Å². The third kappa shape index (κ3) is 4.91. The molecule has 1 aliphatic rings. The first-order chi connectivity index (χ1) is 11.0. The Kier molecular flexibility index (Phi) is 5.46. The maximum atomic E-state index is 11.8. The molecule has 0 saturated heterocycles. The first-order valence-electron chi connectivity index (χ1n) is 7.33. The van der Waals surface area contributed by atoms with E-state index in [4.69, 9.17) is 4.74 Å². The Labute approximate surface area is 133 Å². The Hall–Kier alpha value is -2.70. The van der Waals surface area contributed by atoms with E-state index in [1.807, 2.05) is 12.2 Å². The number of ether oxygens (including phenoxy) is 1. The summed E-state index contributed by atoms with van der Waals surface area (Å²) in [5, 5.41) is 13.2. The van der Waals surface area contributed by atoms with Crippen LogP contribution in [0.2, 0.25) is 0 Å². The standard InChI is InChI=1S/C16H18N2O5/c1-11-8-13(18(21)22)6-7-14(11)17-15(19)10-23-16(20)9-12-4-2-3-5-12/h2,4,6-8,12H,3,5,9-10H2,1H3,(H,17,19)/t12-/m1/s1. The van der Waals surface area contributed by atoms with Crippen LogP contribution < -0.4 is 5.32 Å². The molecule has 0 aromatic heterocycles. The lowest BCUT2D eigenvalue weighted by Gasteiger charge is -2.10. The number of nitrogens with one attached hydrogen (secondary N) is 1. The molecule has 1 amide bonds. The molecule has 0 spiro atoms. The Balaban J connectivity index is 1.81. The van der Waals surface area contributed by atoms with Crippen LogP contribution in [0.25, 0.3) is 0 Å². The molecule has 1 atom stereocenters. The Morgan fingerprint density at radius 1 is 1.43 bits per heavy atom. The third-order valence-corrected chi connectivity index (χ3v) is 3.60. The van der Waals surface area contributed by atoms with Gasteiger partial charge in [0.15, 0.2) is 6.61 Å². The SMILES string of the molecule is Cc1cc([N+](=O)[O-])ccc1NC(=O)COC(=O)C[C@@H]1C=CCC1. The predicted molar refractivity (Wildman–Crippen MR) is 83.9 cm³/mol. The van der Waals surface area contributed by atoms with Crippen molar-refractivity contribution in [2.75, 3.05) is 11.9 Å². The lowest BCUT2D eigenvalue weighted by molar-refractivity contribution is -0.384. The monoisotopic (exact) mass is 318 g/mol. The minimum atomic E-state index is -0.502. The van der Waals surface area contributed by atoms with Gasteiger partial charge >= 0.3 is 5.97 Å². The van der Waals surface area contributed by atoms with E-state index in [2.05, 4.69) is 5.32 Å². The van der Waals surface area contributed by atoms with Crippen LogP contribution in [-0.2, 0) is 14.3 Å². The number of esters is 1. The lowest BCUT2D eigenvalue weighted by atomic mass is 10.1. The van der Waals surface area contributed by atoms with Gasteiger partial charge in [0.2, 0.25) is 0 Å². The summed E-state index contributed by atoms with van der Waals surface area (Å²) in [5.41, 5.74) is 0.974. The summed E-state index contributed by atoms with van der Waals surface area (Å²) in [5.74, 6) is -0.683. The molecular weight excluding hydrogens is 300 g/mol. The van der Waals surface area contributed by atoms with Crippen LogP contribution in [0.3, 0.4) is 0 Å². The molecule has 23 heavy (non-hydrogen) atoms. The molecule has 0 bridgehead atoms. The van der Waals surface area contributed by atoms with Gasteiger partial charge in [-0.15, -0.1) is 0 Å². The molecule has 1 N–H and O–H groups in total. The van der Waals surface area contributed by atoms with Gasteiger partial charge in [0.1, 0.15) is 0 Å². The summed E-state index contributed by atoms with van der Waals surface area (Å²) < 4.78 is 4.95. The maximum Gasteiger partial charge on any atom is 0.306 e. The minimum Gasteiger partial charge on any atom is -0.456 e. The summed E-state index contributed by atoms with van der Waals surface area (Å²) in [4.78, 5) is 33.6. The zero-order valence-electron chi connectivity index (χ0n) is 12.8. The molecule has 0 aliphatic heterocycles. The van der Waals surface area contributed by atoms with Crippen molar-refractivity contribution in [2.45, 2.75) is 26.2 Å². The number of rotatable bonds is 6. The number of non-ortho nitro benzene ring substituents is 1. The van der Waals surface area contributed by atoms with E-state index in [1.54, 1.807) is 6.92 Å². The van der Waals surface area contributed by atoms with Crippen LogP contribution in [0.1, 0.15) is 24.8 Å². The van der Waals surface area contributed by atoms with Gasteiger partial charge in [-0.1, -0.05) is 12.2 Å². The second-order valence-corrected chi connectivity index (χ2v) is 5.43. The number of carbonyl (C=O) groups excluding carboxylic acids is 2. The summed E-state index contributed by atoms with van der Waals surface area (Å²) >= 11 is 0. The third-order valence-electron chi connectivity index (χ3n) is 3.60. The molecule has 0 unspecified atom stereocenters. The summed E-state index contributed by atoms with van der Waals surface area (Å²) in [7, 11) is 0. The number of allylic oxidation sites excluding steroid dienone is 2. The van der Waals surface area contributed by atoms with Crippen LogP contribution in [0.15, 0.2) is 30.4 Å². The molecular formula is C16H18N2O5. The van der Waals surface area contributed by atoms with Gasteiger partial charge in [-0.25, -0.2) is 0 Å². The van der Waals surface area contributed by atoms with E-state index in [1.165, 1.54) is 18.2 Å². The number of amides is 1. The minimum absolute atomic E-state index is 0.0449. The number of aryl methyl sites for hydroxylation is 1. The van der Waals surface area contributed by atoms with Crippen molar-refractivity contribution in [2.24, 2.45) is 5.92 Å². The number of nitrogens with zero attached hydrogens (tertiary/aromatic N) is 1. The van der Waals surface area contributed by atoms with Crippen LogP contribution in [0.4, 0.5) is 11.4 Å². The first-order valence-corrected chi connectivity index (χ1v) is 7.33. The molecule has 0 heterocycles. The van der Waals surface area contributed by atoms with E-state index < -0.39 is 16.8 Å². The Morgan fingerprint density at radius 3 is 2.83 bits per heavy atom. The number of nitro groups is 1. The Morgan fingerprint density at radius 2 is 2.22 bits per heavy atom. The van der Waals surface area contributed by atoms with E-state index in [9.17, 15) is 19.7 Å². The Bertz CT molecular complexity index is 654. The average Bonchev–Trinajstić information content (AvgIpc) is 3.00. The van der Waals surface area contributed by atoms with Crippen molar-refractivity contribution in [3.05, 3.63) is 46.0 Å². The second kappa shape index (κ2) is 7.53. The number of benzene rings is 1. The van der Waals surface area contributed by atoms with Crippen LogP contribution in [0, 0.1) is 23.0 Å². The first kappa shape index (κ1) is 16.7. The zero-order chi connectivity index (χ0) is 16.8. The van der Waals surface area contributed by atoms with Crippen molar-refractivity contribution in [1.82, 2.24) is 0 Å². The molecule has 0 fully saturated rings. The van der Waals surface area contributed by atoms with Gasteiger partial charge in [0.05, 0.1) is 11.3 Å². The summed E-state index contributed by atoms with van der Waals surface area (Å²) in [6.45, 7) is 1.28. The largest absolute Gasteiger partial charge is 0.456 e. The maximum absolute atomic E-state index is 11.8. The molecule has 2 rings (SSSR count). The molecule has 0 saturated carbocycles. The van der Waals surface area contributed by atoms with Gasteiger partial charge in [-0.3, -0.25) is 19.7 Å². The topological polar surface area (TPSA) is 98.5 Å². The number of anilines is 1. The van der Waals surface area contributed by atoms with E-state index in [-0.39, 0.29) is 24.6 Å². The fourth-order valence-corrected chi connectivity index (χ4v) is 2.37. The highest BCUT2D eigenvalue weighted by Gasteiger charge is 2.16. The fourth-order valence-electron chi connectivity index (χ4n) is 2.37. The average molecular weight is 318 g/mol. The number of nitro benzene ring substituents is 1. The van der Waals surface area contributed by atoms with E-state index in [0.29, 0.717) is 11.3 Å². The predicted octanol–water partition coefficient (Wildman–Crippen LogP) is 2.74. The van der Waals surface area contributed by atoms with Gasteiger partial charge < -0.3 is 10.1 Å². The molecule has 0 radical (unpaired) electrons. The highest BCUT2D eigenvalue weighted by Crippen LogP contribution is 2.22. The normalized spacial score (nSPS) is 16.1. The van der Waals surface area contributed by atoms with Gasteiger partial charge in [0, 0.05) is 17.8 Å². The van der Waals surface area contributed by atoms with E-state index >= 15 is 0 Å². The number of hydrogen-bond acceptors (Lipinski definition) is 5. The highest BCUT2D eigenvalue weighted by molar-refractivity contribution is 5.93. The van der Waals surface area contributed by atoms with Crippen molar-refractivity contribution < 1.29 is 19.2 Å². The highest BCUT2D eigenvalue weighted by atomic mass is 16.6. The van der Waals surface area contributed by atoms with Crippen molar-refractivity contribution in [3.63, 3.8) is 0 Å². The second-order valence-electron chi connectivity index (χ2n) is 5.43. The van der Waals surface area contributed by atoms with Crippen LogP contribution >= 0.6 is 0 Å². The number of hydrogen-bond donors (Lipinski definition) is 1. The summed E-state index contributed by atoms with van der Waals surface area (Å²) in [6, 6.07) is 4.13. The lowest BCUT2D eigenvalue weighted by Crippen LogP contribution is -2.22. The molecule has 7 nitrogen and oxygen atoms in total. The molecule has 1 aromatic carbocycles. The summed E-state index contributed by atoms with van der Waals surface area (Å²) in [6.07, 6.45) is 6.20. The van der Waals surface area contributed by atoms with Crippen molar-refractivity contribution >= 4 is 23.3 Å². The van der Waals surface area contributed by atoms with Gasteiger partial charge in [-0.05, 0) is 37.3 Å². The van der Waals surface area contributed by atoms with E-state index in [0.717, 1.165) is 12.8 Å². The van der Waals surface area contributed by atoms with Gasteiger partial charge in [0.25, 0.3) is 11.6 Å². The zero-order valence-corrected chi connectivity index (χ0v) is 12.8. The molecule has 1 aliphatic carbocycles. The molecule has 122 valence electrons. The van der Waals surface area contributed by atoms with Crippen molar-refractivity contribution in [1.29, 1.82) is 0 Å². The molecule has 1 aromatic rings. The smallest absolute Gasteiger partial charge is 0.306 e. The number of carbonyl (C=O) groups is 2. The molecule has 7 heteroatoms. The fraction of sp³-hybridized carbons (Fsp3) is 0.375. The van der Waals surface area contributed by atoms with Gasteiger partial charge in [-0.2, -0.15) is 0 Å². The van der Waals surface area contributed by atoms with Crippen LogP contribution in [-0.4, -0.2) is 23.4 Å². The quantitative estimate of drug-likeness (QED) is 0.376. The van der Waals surface area contributed by atoms with Crippen molar-refractivity contribution in [3.8, 4) is 0 Å².